The van der Waals surface area contributed by atoms with Gasteiger partial charge in [-0.2, -0.15) is 0 Å². The minimum absolute atomic E-state index is 0.0166. The van der Waals surface area contributed by atoms with E-state index in [0.29, 0.717) is 17.1 Å². The molecule has 0 unspecified atom stereocenters. The summed E-state index contributed by atoms with van der Waals surface area (Å²) in [5.74, 6) is -0.923. The first-order valence-electron chi connectivity index (χ1n) is 7.28. The SMILES string of the molecule is CC(C)(C)N1C=C(F)C(NC(=O)Cc2cc(Cl)ccc2O)=CC1. The predicted molar refractivity (Wildman–Crippen MR) is 88.7 cm³/mol. The van der Waals surface area contributed by atoms with Gasteiger partial charge < -0.3 is 15.3 Å². The van der Waals surface area contributed by atoms with E-state index >= 15 is 0 Å². The molecule has 0 saturated heterocycles. The van der Waals surface area contributed by atoms with Crippen molar-refractivity contribution in [3.05, 3.63) is 52.6 Å². The molecule has 1 aromatic carbocycles. The van der Waals surface area contributed by atoms with Gasteiger partial charge in [-0.05, 0) is 45.0 Å². The van der Waals surface area contributed by atoms with Crippen molar-refractivity contribution in [3.8, 4) is 5.75 Å². The Labute approximate surface area is 140 Å². The zero-order valence-corrected chi connectivity index (χ0v) is 14.1. The van der Waals surface area contributed by atoms with Crippen LogP contribution in [0, 0.1) is 0 Å². The van der Waals surface area contributed by atoms with Crippen molar-refractivity contribution in [2.45, 2.75) is 32.7 Å². The molecule has 0 atom stereocenters. The monoisotopic (exact) mass is 338 g/mol. The fourth-order valence-corrected chi connectivity index (χ4v) is 2.38. The molecule has 0 saturated carbocycles. The van der Waals surface area contributed by atoms with Crippen molar-refractivity contribution < 1.29 is 14.3 Å². The van der Waals surface area contributed by atoms with Crippen LogP contribution in [0.25, 0.3) is 0 Å². The van der Waals surface area contributed by atoms with E-state index in [0.717, 1.165) is 0 Å². The summed E-state index contributed by atoms with van der Waals surface area (Å²) in [7, 11) is 0. The van der Waals surface area contributed by atoms with Gasteiger partial charge in [-0.1, -0.05) is 11.6 Å². The lowest BCUT2D eigenvalue weighted by molar-refractivity contribution is -0.119. The van der Waals surface area contributed by atoms with Crippen LogP contribution in [0.3, 0.4) is 0 Å². The van der Waals surface area contributed by atoms with Crippen molar-refractivity contribution >= 4 is 17.5 Å². The maximum absolute atomic E-state index is 14.1. The molecule has 0 aliphatic carbocycles. The summed E-state index contributed by atoms with van der Waals surface area (Å²) in [6.45, 7) is 6.46. The van der Waals surface area contributed by atoms with Gasteiger partial charge in [0.05, 0.1) is 12.1 Å². The number of hydrogen-bond donors (Lipinski definition) is 2. The standard InChI is InChI=1S/C17H20ClFN2O2/c1-17(2,3)21-7-6-14(13(19)10-21)20-16(23)9-11-8-12(18)4-5-15(11)22/h4-6,8,10,22H,7,9H2,1-3H3,(H,20,23). The zero-order chi connectivity index (χ0) is 17.2. The molecule has 4 nitrogen and oxygen atoms in total. The highest BCUT2D eigenvalue weighted by Crippen LogP contribution is 2.24. The van der Waals surface area contributed by atoms with E-state index in [1.165, 1.54) is 24.4 Å². The highest BCUT2D eigenvalue weighted by Gasteiger charge is 2.23. The first kappa shape index (κ1) is 17.3. The number of aromatic hydroxyl groups is 1. The number of nitrogens with zero attached hydrogens (tertiary/aromatic N) is 1. The fraction of sp³-hybridized carbons (Fsp3) is 0.353. The van der Waals surface area contributed by atoms with Crippen molar-refractivity contribution in [1.82, 2.24) is 10.2 Å². The van der Waals surface area contributed by atoms with Crippen molar-refractivity contribution in [1.29, 1.82) is 0 Å². The summed E-state index contributed by atoms with van der Waals surface area (Å²) >= 11 is 5.85. The normalized spacial score (nSPS) is 15.1. The number of benzene rings is 1. The highest BCUT2D eigenvalue weighted by atomic mass is 35.5. The third-order valence-corrected chi connectivity index (χ3v) is 3.78. The Morgan fingerprint density at radius 2 is 2.13 bits per heavy atom. The molecule has 124 valence electrons. The summed E-state index contributed by atoms with van der Waals surface area (Å²) in [6, 6.07) is 4.47. The molecule has 1 heterocycles. The van der Waals surface area contributed by atoms with E-state index in [9.17, 15) is 14.3 Å². The number of allylic oxidation sites excluding steroid dienone is 1. The molecule has 6 heteroatoms. The molecule has 2 rings (SSSR count). The van der Waals surface area contributed by atoms with E-state index in [2.05, 4.69) is 5.32 Å². The number of rotatable bonds is 3. The van der Waals surface area contributed by atoms with Crippen LogP contribution in [0.15, 0.2) is 42.0 Å². The maximum Gasteiger partial charge on any atom is 0.229 e. The van der Waals surface area contributed by atoms with Crippen LogP contribution in [-0.4, -0.2) is 28.0 Å². The zero-order valence-electron chi connectivity index (χ0n) is 13.4. The summed E-state index contributed by atoms with van der Waals surface area (Å²) in [5, 5.41) is 12.7. The second-order valence-electron chi connectivity index (χ2n) is 6.42. The highest BCUT2D eigenvalue weighted by molar-refractivity contribution is 6.30. The first-order chi connectivity index (χ1) is 10.7. The number of phenols is 1. The van der Waals surface area contributed by atoms with Crippen LogP contribution in [-0.2, 0) is 11.2 Å². The lowest BCUT2D eigenvalue weighted by Crippen LogP contribution is -2.40. The van der Waals surface area contributed by atoms with Gasteiger partial charge >= 0.3 is 0 Å². The Kier molecular flexibility index (Phi) is 5.00. The topological polar surface area (TPSA) is 52.6 Å². The number of hydrogen-bond acceptors (Lipinski definition) is 3. The van der Waals surface area contributed by atoms with Crippen LogP contribution >= 0.6 is 11.6 Å². The smallest absolute Gasteiger partial charge is 0.229 e. The quantitative estimate of drug-likeness (QED) is 0.886. The third kappa shape index (κ3) is 4.48. The van der Waals surface area contributed by atoms with Crippen molar-refractivity contribution in [2.24, 2.45) is 0 Å². The number of nitrogens with one attached hydrogen (secondary N) is 1. The molecule has 2 N–H and O–H groups in total. The van der Waals surface area contributed by atoms with Crippen LogP contribution in [0.2, 0.25) is 5.02 Å². The second kappa shape index (κ2) is 6.62. The van der Waals surface area contributed by atoms with Gasteiger partial charge in [0, 0.05) is 28.9 Å². The summed E-state index contributed by atoms with van der Waals surface area (Å²) in [6.07, 6.45) is 2.95. The average molecular weight is 339 g/mol. The first-order valence-corrected chi connectivity index (χ1v) is 7.66. The number of carbonyl (C=O) groups is 1. The van der Waals surface area contributed by atoms with Crippen LogP contribution in [0.4, 0.5) is 4.39 Å². The van der Waals surface area contributed by atoms with Crippen molar-refractivity contribution in [2.75, 3.05) is 6.54 Å². The molecule has 0 bridgehead atoms. The number of carbonyl (C=O) groups excluding carboxylic acids is 1. The number of amides is 1. The Morgan fingerprint density at radius 3 is 2.74 bits per heavy atom. The van der Waals surface area contributed by atoms with E-state index < -0.39 is 11.7 Å². The van der Waals surface area contributed by atoms with Crippen LogP contribution in [0.1, 0.15) is 26.3 Å². The van der Waals surface area contributed by atoms with Crippen molar-refractivity contribution in [3.63, 3.8) is 0 Å². The molecule has 1 aromatic rings. The van der Waals surface area contributed by atoms with E-state index in [1.54, 1.807) is 6.08 Å². The van der Waals surface area contributed by atoms with Gasteiger partial charge in [-0.15, -0.1) is 0 Å². The Morgan fingerprint density at radius 1 is 1.43 bits per heavy atom. The number of halogens is 2. The molecule has 0 spiro atoms. The molecule has 0 fully saturated rings. The Bertz CT molecular complexity index is 678. The minimum Gasteiger partial charge on any atom is -0.508 e. The predicted octanol–water partition coefficient (Wildman–Crippen LogP) is 3.51. The van der Waals surface area contributed by atoms with Gasteiger partial charge in [-0.3, -0.25) is 4.79 Å². The fourth-order valence-electron chi connectivity index (χ4n) is 2.19. The lowest BCUT2D eigenvalue weighted by Gasteiger charge is -2.36. The lowest BCUT2D eigenvalue weighted by atomic mass is 10.1. The Hall–Kier alpha value is -2.01. The van der Waals surface area contributed by atoms with E-state index in [1.807, 2.05) is 25.7 Å². The summed E-state index contributed by atoms with van der Waals surface area (Å²) in [4.78, 5) is 13.9. The molecular formula is C17H20ClFN2O2. The van der Waals surface area contributed by atoms with Crippen LogP contribution in [0.5, 0.6) is 5.75 Å². The van der Waals surface area contributed by atoms with Gasteiger partial charge in [0.25, 0.3) is 0 Å². The van der Waals surface area contributed by atoms with Gasteiger partial charge in [0.1, 0.15) is 5.75 Å². The second-order valence-corrected chi connectivity index (χ2v) is 6.85. The molecule has 23 heavy (non-hydrogen) atoms. The minimum atomic E-state index is -0.491. The molecular weight excluding hydrogens is 319 g/mol. The largest absolute Gasteiger partial charge is 0.508 e. The van der Waals surface area contributed by atoms with E-state index in [4.69, 9.17) is 11.6 Å². The molecule has 1 aliphatic rings. The average Bonchev–Trinajstić information content (AvgIpc) is 2.44. The Balaban J connectivity index is 2.03. The van der Waals surface area contributed by atoms with Crippen LogP contribution < -0.4 is 5.32 Å². The summed E-state index contributed by atoms with van der Waals surface area (Å²) in [5.41, 5.74) is 0.347. The van der Waals surface area contributed by atoms with Gasteiger partial charge in [0.2, 0.25) is 5.91 Å². The molecule has 0 radical (unpaired) electrons. The number of phenolic OH excluding ortho intramolecular Hbond substituents is 1. The molecule has 1 aliphatic heterocycles. The maximum atomic E-state index is 14.1. The molecule has 0 aromatic heterocycles. The van der Waals surface area contributed by atoms with E-state index in [-0.39, 0.29) is 23.4 Å². The molecule has 1 amide bonds. The van der Waals surface area contributed by atoms with Gasteiger partial charge in [0.15, 0.2) is 5.83 Å². The summed E-state index contributed by atoms with van der Waals surface area (Å²) < 4.78 is 14.1. The van der Waals surface area contributed by atoms with Gasteiger partial charge in [-0.25, -0.2) is 4.39 Å². The third-order valence-electron chi connectivity index (χ3n) is 3.55.